The van der Waals surface area contributed by atoms with Gasteiger partial charge in [0.25, 0.3) is 0 Å². The Morgan fingerprint density at radius 2 is 1.89 bits per heavy atom. The average Bonchev–Trinajstić information content (AvgIpc) is 2.70. The van der Waals surface area contributed by atoms with Crippen molar-refractivity contribution in [3.05, 3.63) is 52.0 Å². The van der Waals surface area contributed by atoms with Gasteiger partial charge in [0, 0.05) is 26.4 Å². The maximum Gasteiger partial charge on any atom is 0.225 e. The predicted molar refractivity (Wildman–Crippen MR) is 70.2 cm³/mol. The Bertz CT molecular complexity index is 470. The minimum atomic E-state index is 0. The SMILES string of the molecule is Cc1c(CCO)sc[n+]1CCc1ccccc1.[I-]. The van der Waals surface area contributed by atoms with Crippen LogP contribution in [0.3, 0.4) is 0 Å². The van der Waals surface area contributed by atoms with E-state index in [4.69, 9.17) is 5.11 Å². The number of hydrogen-bond acceptors (Lipinski definition) is 2. The highest BCUT2D eigenvalue weighted by atomic mass is 127. The Morgan fingerprint density at radius 3 is 2.56 bits per heavy atom. The zero-order valence-corrected chi connectivity index (χ0v) is 13.4. The van der Waals surface area contributed by atoms with Crippen molar-refractivity contribution in [1.82, 2.24) is 0 Å². The van der Waals surface area contributed by atoms with Crippen LogP contribution in [0.4, 0.5) is 0 Å². The van der Waals surface area contributed by atoms with Crippen molar-refractivity contribution < 1.29 is 33.7 Å². The van der Waals surface area contributed by atoms with Crippen LogP contribution in [0, 0.1) is 6.92 Å². The monoisotopic (exact) mass is 375 g/mol. The molecule has 0 radical (unpaired) electrons. The lowest BCUT2D eigenvalue weighted by Gasteiger charge is -1.98. The number of halogens is 1. The van der Waals surface area contributed by atoms with E-state index in [1.807, 2.05) is 6.07 Å². The van der Waals surface area contributed by atoms with E-state index in [1.54, 1.807) is 11.3 Å². The second-order valence-corrected chi connectivity index (χ2v) is 5.07. The van der Waals surface area contributed by atoms with E-state index in [-0.39, 0.29) is 30.6 Å². The van der Waals surface area contributed by atoms with Crippen LogP contribution in [-0.2, 0) is 19.4 Å². The molecule has 0 unspecified atom stereocenters. The van der Waals surface area contributed by atoms with Crippen LogP contribution >= 0.6 is 11.3 Å². The molecule has 18 heavy (non-hydrogen) atoms. The Balaban J connectivity index is 0.00000162. The lowest BCUT2D eigenvalue weighted by Crippen LogP contribution is -3.00. The Morgan fingerprint density at radius 1 is 1.17 bits per heavy atom. The molecule has 1 aromatic carbocycles. The fraction of sp³-hybridized carbons (Fsp3) is 0.357. The molecule has 0 spiro atoms. The van der Waals surface area contributed by atoms with Gasteiger partial charge in [-0.05, 0) is 5.56 Å². The molecule has 2 rings (SSSR count). The zero-order chi connectivity index (χ0) is 12.1. The van der Waals surface area contributed by atoms with E-state index in [2.05, 4.69) is 41.3 Å². The van der Waals surface area contributed by atoms with Gasteiger partial charge in [-0.2, -0.15) is 4.57 Å². The van der Waals surface area contributed by atoms with Crippen molar-refractivity contribution in [3.63, 3.8) is 0 Å². The van der Waals surface area contributed by atoms with Crippen LogP contribution in [0.15, 0.2) is 35.8 Å². The van der Waals surface area contributed by atoms with Gasteiger partial charge >= 0.3 is 0 Å². The molecular formula is C14H18INOS. The molecule has 0 saturated carbocycles. The molecule has 0 amide bonds. The van der Waals surface area contributed by atoms with E-state index in [0.717, 1.165) is 19.4 Å². The predicted octanol–water partition coefficient (Wildman–Crippen LogP) is -0.874. The summed E-state index contributed by atoms with van der Waals surface area (Å²) in [5.41, 5.74) is 4.82. The van der Waals surface area contributed by atoms with Crippen molar-refractivity contribution in [2.24, 2.45) is 0 Å². The van der Waals surface area contributed by atoms with E-state index >= 15 is 0 Å². The Hall–Kier alpha value is -0.460. The molecule has 2 nitrogen and oxygen atoms in total. The van der Waals surface area contributed by atoms with E-state index in [1.165, 1.54) is 16.1 Å². The second kappa shape index (κ2) is 7.86. The number of nitrogens with zero attached hydrogens (tertiary/aromatic N) is 1. The first kappa shape index (κ1) is 15.6. The molecule has 0 aliphatic rings. The van der Waals surface area contributed by atoms with Crippen molar-refractivity contribution in [2.45, 2.75) is 26.3 Å². The van der Waals surface area contributed by atoms with Gasteiger partial charge in [-0.25, -0.2) is 0 Å². The van der Waals surface area contributed by atoms with Crippen LogP contribution in [0.1, 0.15) is 16.1 Å². The van der Waals surface area contributed by atoms with Gasteiger partial charge in [-0.15, -0.1) is 0 Å². The molecule has 2 aromatic rings. The highest BCUT2D eigenvalue weighted by molar-refractivity contribution is 7.09. The highest BCUT2D eigenvalue weighted by Crippen LogP contribution is 2.11. The number of aliphatic hydroxyl groups excluding tert-OH is 1. The van der Waals surface area contributed by atoms with Gasteiger partial charge in [0.05, 0.1) is 4.88 Å². The molecule has 0 fully saturated rings. The number of rotatable bonds is 5. The summed E-state index contributed by atoms with van der Waals surface area (Å²) >= 11 is 1.74. The number of aliphatic hydroxyl groups is 1. The topological polar surface area (TPSA) is 24.1 Å². The van der Waals surface area contributed by atoms with Gasteiger partial charge < -0.3 is 29.1 Å². The molecule has 0 saturated heterocycles. The average molecular weight is 375 g/mol. The fourth-order valence-corrected chi connectivity index (χ4v) is 2.92. The summed E-state index contributed by atoms with van der Waals surface area (Å²) in [6.07, 6.45) is 1.83. The van der Waals surface area contributed by atoms with Crippen molar-refractivity contribution in [3.8, 4) is 0 Å². The summed E-state index contributed by atoms with van der Waals surface area (Å²) in [5, 5.41) is 8.96. The van der Waals surface area contributed by atoms with Crippen molar-refractivity contribution >= 4 is 11.3 Å². The zero-order valence-electron chi connectivity index (χ0n) is 10.5. The molecular weight excluding hydrogens is 357 g/mol. The minimum Gasteiger partial charge on any atom is -1.00 e. The Labute approximate surface area is 129 Å². The van der Waals surface area contributed by atoms with Crippen molar-refractivity contribution in [1.29, 1.82) is 0 Å². The number of thiazole rings is 1. The standard InChI is InChI=1S/C14H18NOS.HI/c1-12-14(8-10-16)17-11-15(12)9-7-13-5-3-2-4-6-13;/h2-6,11,16H,7-10H2,1H3;1H/q+1;/p-1. The van der Waals surface area contributed by atoms with Gasteiger partial charge in [0.2, 0.25) is 5.51 Å². The maximum atomic E-state index is 8.96. The van der Waals surface area contributed by atoms with Crippen LogP contribution in [0.2, 0.25) is 0 Å². The van der Waals surface area contributed by atoms with Gasteiger partial charge in [0.1, 0.15) is 0 Å². The first-order valence-electron chi connectivity index (χ1n) is 5.92. The van der Waals surface area contributed by atoms with Crippen molar-refractivity contribution in [2.75, 3.05) is 6.61 Å². The molecule has 0 bridgehead atoms. The summed E-state index contributed by atoms with van der Waals surface area (Å²) in [7, 11) is 0. The van der Waals surface area contributed by atoms with E-state index in [9.17, 15) is 0 Å². The summed E-state index contributed by atoms with van der Waals surface area (Å²) in [5.74, 6) is 0. The largest absolute Gasteiger partial charge is 1.00 e. The van der Waals surface area contributed by atoms with Gasteiger partial charge in [0.15, 0.2) is 12.2 Å². The highest BCUT2D eigenvalue weighted by Gasteiger charge is 2.14. The first-order valence-corrected chi connectivity index (χ1v) is 6.80. The van der Waals surface area contributed by atoms with Crippen LogP contribution < -0.4 is 28.5 Å². The third-order valence-corrected chi connectivity index (χ3v) is 4.12. The second-order valence-electron chi connectivity index (χ2n) is 4.13. The van der Waals surface area contributed by atoms with E-state index < -0.39 is 0 Å². The third kappa shape index (κ3) is 4.03. The first-order chi connectivity index (χ1) is 8.31. The van der Waals surface area contributed by atoms with Gasteiger partial charge in [-0.3, -0.25) is 0 Å². The normalized spacial score (nSPS) is 10.1. The molecule has 0 aliphatic heterocycles. The summed E-state index contributed by atoms with van der Waals surface area (Å²) in [6, 6.07) is 10.5. The number of aromatic nitrogens is 1. The summed E-state index contributed by atoms with van der Waals surface area (Å²) in [4.78, 5) is 1.29. The lowest BCUT2D eigenvalue weighted by atomic mass is 10.1. The van der Waals surface area contributed by atoms with Gasteiger partial charge in [-0.1, -0.05) is 41.7 Å². The Kier molecular flexibility index (Phi) is 6.81. The minimum absolute atomic E-state index is 0. The van der Waals surface area contributed by atoms with Crippen LogP contribution in [-0.4, -0.2) is 11.7 Å². The number of benzene rings is 1. The van der Waals surface area contributed by atoms with Crippen LogP contribution in [0.5, 0.6) is 0 Å². The quantitative estimate of drug-likeness (QED) is 0.533. The maximum absolute atomic E-state index is 8.96. The number of aryl methyl sites for hydroxylation is 2. The number of hydrogen-bond donors (Lipinski definition) is 1. The summed E-state index contributed by atoms with van der Waals surface area (Å²) < 4.78 is 2.28. The molecule has 0 aliphatic carbocycles. The molecule has 1 heterocycles. The summed E-state index contributed by atoms with van der Waals surface area (Å²) in [6.45, 7) is 3.38. The lowest BCUT2D eigenvalue weighted by molar-refractivity contribution is -0.697. The molecule has 1 N–H and O–H groups in total. The van der Waals surface area contributed by atoms with E-state index in [0.29, 0.717) is 0 Å². The third-order valence-electron chi connectivity index (χ3n) is 2.98. The smallest absolute Gasteiger partial charge is 0.225 e. The molecule has 98 valence electrons. The molecule has 4 heteroatoms. The molecule has 0 atom stereocenters. The fourth-order valence-electron chi connectivity index (χ4n) is 1.91. The van der Waals surface area contributed by atoms with Crippen LogP contribution in [0.25, 0.3) is 0 Å². The molecule has 1 aromatic heterocycles.